The van der Waals surface area contributed by atoms with E-state index in [1.807, 2.05) is 0 Å². The van der Waals surface area contributed by atoms with Crippen LogP contribution in [-0.4, -0.2) is 30.2 Å². The van der Waals surface area contributed by atoms with Gasteiger partial charge in [-0.2, -0.15) is 0 Å². The number of carboxylic acid groups (broad SMARTS) is 1. The molecule has 0 fully saturated rings. The third-order valence-corrected chi connectivity index (χ3v) is 2.86. The number of hydrogen-bond donors (Lipinski definition) is 2. The number of nitrogens with one attached hydrogen (secondary N) is 1. The summed E-state index contributed by atoms with van der Waals surface area (Å²) >= 11 is 0. The molecule has 0 spiro atoms. The molecule has 0 unspecified atom stereocenters. The molecule has 1 amide bonds. The molecule has 0 radical (unpaired) electrons. The van der Waals surface area contributed by atoms with Crippen LogP contribution in [0.15, 0.2) is 41.0 Å². The number of carbonyl (C=O) groups excluding carboxylic acids is 1. The Balaban J connectivity index is 2.07. The second kappa shape index (κ2) is 7.88. The zero-order valence-corrected chi connectivity index (χ0v) is 12.6. The van der Waals surface area contributed by atoms with Gasteiger partial charge in [0.2, 0.25) is 0 Å². The highest BCUT2D eigenvalue weighted by Crippen LogP contribution is 2.28. The van der Waals surface area contributed by atoms with Crippen LogP contribution in [0, 0.1) is 0 Å². The Morgan fingerprint density at radius 2 is 2.04 bits per heavy atom. The van der Waals surface area contributed by atoms with E-state index in [-0.39, 0.29) is 18.2 Å². The van der Waals surface area contributed by atoms with Crippen LogP contribution in [0.3, 0.4) is 0 Å². The molecule has 0 atom stereocenters. The van der Waals surface area contributed by atoms with Crippen LogP contribution in [0.25, 0.3) is 0 Å². The lowest BCUT2D eigenvalue weighted by Crippen LogP contribution is -2.22. The van der Waals surface area contributed by atoms with Gasteiger partial charge in [0, 0.05) is 5.56 Å². The van der Waals surface area contributed by atoms with E-state index in [1.54, 1.807) is 19.1 Å². The first-order valence-electron chi connectivity index (χ1n) is 7.02. The number of aliphatic carboxylic acids is 1. The van der Waals surface area contributed by atoms with E-state index < -0.39 is 12.6 Å². The Morgan fingerprint density at radius 1 is 1.22 bits per heavy atom. The van der Waals surface area contributed by atoms with Gasteiger partial charge in [0.1, 0.15) is 5.76 Å². The van der Waals surface area contributed by atoms with Crippen LogP contribution in [0.4, 0.5) is 0 Å². The topological polar surface area (TPSA) is 98.0 Å². The number of ether oxygens (including phenoxy) is 2. The van der Waals surface area contributed by atoms with Crippen LogP contribution >= 0.6 is 0 Å². The molecule has 0 aliphatic heterocycles. The summed E-state index contributed by atoms with van der Waals surface area (Å²) in [6.45, 7) is 1.93. The predicted molar refractivity (Wildman–Crippen MR) is 80.6 cm³/mol. The van der Waals surface area contributed by atoms with Crippen molar-refractivity contribution in [1.29, 1.82) is 0 Å². The minimum atomic E-state index is -1.09. The Morgan fingerprint density at radius 3 is 2.70 bits per heavy atom. The van der Waals surface area contributed by atoms with Gasteiger partial charge in [0.05, 0.1) is 19.4 Å². The zero-order valence-electron chi connectivity index (χ0n) is 12.6. The van der Waals surface area contributed by atoms with Crippen molar-refractivity contribution in [1.82, 2.24) is 5.32 Å². The maximum absolute atomic E-state index is 12.1. The summed E-state index contributed by atoms with van der Waals surface area (Å²) in [6.07, 6.45) is 1.53. The van der Waals surface area contributed by atoms with E-state index in [0.717, 1.165) is 0 Å². The van der Waals surface area contributed by atoms with Gasteiger partial charge in [-0.05, 0) is 37.3 Å². The number of furan rings is 1. The largest absolute Gasteiger partial charge is 0.490 e. The summed E-state index contributed by atoms with van der Waals surface area (Å²) in [5.41, 5.74) is 0.377. The van der Waals surface area contributed by atoms with E-state index in [2.05, 4.69) is 5.32 Å². The minimum Gasteiger partial charge on any atom is -0.490 e. The third kappa shape index (κ3) is 4.77. The standard InChI is InChI=1S/C16H17NO6/c1-2-21-14-8-11(5-6-13(14)23-10-15(18)19)16(20)17-9-12-4-3-7-22-12/h3-8H,2,9-10H2,1H3,(H,17,20)(H,18,19). The van der Waals surface area contributed by atoms with E-state index in [4.69, 9.17) is 19.0 Å². The van der Waals surface area contributed by atoms with Crippen LogP contribution < -0.4 is 14.8 Å². The smallest absolute Gasteiger partial charge is 0.341 e. The molecule has 122 valence electrons. The maximum Gasteiger partial charge on any atom is 0.341 e. The lowest BCUT2D eigenvalue weighted by atomic mass is 10.2. The molecule has 0 aliphatic carbocycles. The lowest BCUT2D eigenvalue weighted by molar-refractivity contribution is -0.139. The Labute approximate surface area is 132 Å². The molecular weight excluding hydrogens is 302 g/mol. The van der Waals surface area contributed by atoms with Gasteiger partial charge in [-0.3, -0.25) is 4.79 Å². The molecule has 2 aromatic rings. The average molecular weight is 319 g/mol. The fourth-order valence-electron chi connectivity index (χ4n) is 1.86. The van der Waals surface area contributed by atoms with Crippen LogP contribution in [-0.2, 0) is 11.3 Å². The second-order valence-electron chi connectivity index (χ2n) is 4.54. The van der Waals surface area contributed by atoms with Crippen LogP contribution in [0.2, 0.25) is 0 Å². The second-order valence-corrected chi connectivity index (χ2v) is 4.54. The van der Waals surface area contributed by atoms with Gasteiger partial charge >= 0.3 is 5.97 Å². The SMILES string of the molecule is CCOc1cc(C(=O)NCc2ccco2)ccc1OCC(=O)O. The van der Waals surface area contributed by atoms with Crippen molar-refractivity contribution < 1.29 is 28.6 Å². The molecule has 1 aromatic heterocycles. The molecule has 2 N–H and O–H groups in total. The van der Waals surface area contributed by atoms with Gasteiger partial charge in [-0.15, -0.1) is 0 Å². The summed E-state index contributed by atoms with van der Waals surface area (Å²) in [5, 5.41) is 11.4. The Bertz CT molecular complexity index is 665. The molecule has 0 saturated heterocycles. The average Bonchev–Trinajstić information content (AvgIpc) is 3.05. The fourth-order valence-corrected chi connectivity index (χ4v) is 1.86. The fraction of sp³-hybridized carbons (Fsp3) is 0.250. The third-order valence-electron chi connectivity index (χ3n) is 2.86. The molecular formula is C16H17NO6. The predicted octanol–water partition coefficient (Wildman–Crippen LogP) is 2.07. The molecule has 0 saturated carbocycles. The van der Waals surface area contributed by atoms with Gasteiger partial charge in [-0.25, -0.2) is 4.79 Å². The van der Waals surface area contributed by atoms with Crippen LogP contribution in [0.1, 0.15) is 23.0 Å². The van der Waals surface area contributed by atoms with Gasteiger partial charge in [0.15, 0.2) is 18.1 Å². The van der Waals surface area contributed by atoms with Crippen molar-refractivity contribution in [2.45, 2.75) is 13.5 Å². The summed E-state index contributed by atoms with van der Waals surface area (Å²) in [4.78, 5) is 22.7. The number of rotatable bonds is 8. The van der Waals surface area contributed by atoms with Crippen LogP contribution in [0.5, 0.6) is 11.5 Å². The highest BCUT2D eigenvalue weighted by Gasteiger charge is 2.13. The molecule has 1 aromatic carbocycles. The van der Waals surface area contributed by atoms with Gasteiger partial charge < -0.3 is 24.3 Å². The number of carboxylic acids is 1. The van der Waals surface area contributed by atoms with Crippen molar-refractivity contribution in [2.24, 2.45) is 0 Å². The normalized spacial score (nSPS) is 10.1. The van der Waals surface area contributed by atoms with Crippen molar-refractivity contribution in [3.63, 3.8) is 0 Å². The highest BCUT2D eigenvalue weighted by molar-refractivity contribution is 5.94. The molecule has 7 nitrogen and oxygen atoms in total. The van der Waals surface area contributed by atoms with E-state index >= 15 is 0 Å². The monoisotopic (exact) mass is 319 g/mol. The summed E-state index contributed by atoms with van der Waals surface area (Å²) in [5.74, 6) is -0.152. The first-order chi connectivity index (χ1) is 11.1. The number of hydrogen-bond acceptors (Lipinski definition) is 5. The minimum absolute atomic E-state index is 0.271. The molecule has 2 rings (SSSR count). The number of benzene rings is 1. The van der Waals surface area contributed by atoms with Crippen molar-refractivity contribution in [3.05, 3.63) is 47.9 Å². The van der Waals surface area contributed by atoms with E-state index in [1.165, 1.54) is 24.5 Å². The van der Waals surface area contributed by atoms with E-state index in [0.29, 0.717) is 23.7 Å². The molecule has 0 bridgehead atoms. The number of amides is 1. The lowest BCUT2D eigenvalue weighted by Gasteiger charge is -2.12. The summed E-state index contributed by atoms with van der Waals surface area (Å²) < 4.78 is 15.7. The molecule has 1 heterocycles. The Hall–Kier alpha value is -2.96. The van der Waals surface area contributed by atoms with E-state index in [9.17, 15) is 9.59 Å². The maximum atomic E-state index is 12.1. The van der Waals surface area contributed by atoms with Gasteiger partial charge in [-0.1, -0.05) is 0 Å². The first-order valence-corrected chi connectivity index (χ1v) is 7.02. The first kappa shape index (κ1) is 16.4. The van der Waals surface area contributed by atoms with Crippen molar-refractivity contribution in [3.8, 4) is 11.5 Å². The molecule has 7 heteroatoms. The highest BCUT2D eigenvalue weighted by atomic mass is 16.5. The van der Waals surface area contributed by atoms with Gasteiger partial charge in [0.25, 0.3) is 5.91 Å². The quantitative estimate of drug-likeness (QED) is 0.773. The number of carbonyl (C=O) groups is 2. The zero-order chi connectivity index (χ0) is 16.7. The summed E-state index contributed by atoms with van der Waals surface area (Å²) in [7, 11) is 0. The van der Waals surface area contributed by atoms with Crippen molar-refractivity contribution in [2.75, 3.05) is 13.2 Å². The molecule has 23 heavy (non-hydrogen) atoms. The Kier molecular flexibility index (Phi) is 5.62. The summed E-state index contributed by atoms with van der Waals surface area (Å²) in [6, 6.07) is 8.06. The molecule has 0 aliphatic rings. The van der Waals surface area contributed by atoms with Crippen molar-refractivity contribution >= 4 is 11.9 Å².